The van der Waals surface area contributed by atoms with Gasteiger partial charge in [0.05, 0.1) is 28.6 Å². The fourth-order valence-corrected chi connectivity index (χ4v) is 4.48. The molecule has 158 valence electrons. The molecule has 7 nitrogen and oxygen atoms in total. The van der Waals surface area contributed by atoms with Gasteiger partial charge in [-0.25, -0.2) is 4.68 Å². The molecule has 1 aliphatic heterocycles. The Morgan fingerprint density at radius 1 is 0.906 bits per heavy atom. The van der Waals surface area contributed by atoms with Crippen molar-refractivity contribution in [1.82, 2.24) is 14.8 Å². The third kappa shape index (κ3) is 3.16. The van der Waals surface area contributed by atoms with Crippen molar-refractivity contribution < 1.29 is 9.59 Å². The molecule has 0 atom stereocenters. The van der Waals surface area contributed by atoms with E-state index in [2.05, 4.69) is 42.1 Å². The van der Waals surface area contributed by atoms with Crippen molar-refractivity contribution in [1.29, 1.82) is 0 Å². The first-order valence-corrected chi connectivity index (χ1v) is 11.2. The third-order valence-electron chi connectivity index (χ3n) is 5.34. The molecule has 3 aromatic carbocycles. The Hall–Kier alpha value is -3.30. The van der Waals surface area contributed by atoms with E-state index < -0.39 is 11.8 Å². The molecule has 32 heavy (non-hydrogen) atoms. The van der Waals surface area contributed by atoms with Crippen LogP contribution in [0.3, 0.4) is 0 Å². The Morgan fingerprint density at radius 3 is 2.31 bits per heavy atom. The topological polar surface area (TPSA) is 87.5 Å². The molecular formula is C23H14Br2N4O3. The van der Waals surface area contributed by atoms with Crippen LogP contribution in [0.25, 0.3) is 16.5 Å². The summed E-state index contributed by atoms with van der Waals surface area (Å²) in [7, 11) is 0. The molecular weight excluding hydrogens is 540 g/mol. The Morgan fingerprint density at radius 2 is 1.59 bits per heavy atom. The summed E-state index contributed by atoms with van der Waals surface area (Å²) < 4.78 is 3.08. The lowest BCUT2D eigenvalue weighted by Crippen LogP contribution is -2.36. The molecule has 0 aliphatic carbocycles. The maximum absolute atomic E-state index is 13.1. The van der Waals surface area contributed by atoms with E-state index in [0.717, 1.165) is 19.3 Å². The molecule has 2 heterocycles. The number of benzene rings is 3. The van der Waals surface area contributed by atoms with Crippen LogP contribution in [-0.4, -0.2) is 32.8 Å². The second-order valence-corrected chi connectivity index (χ2v) is 9.03. The van der Waals surface area contributed by atoms with Gasteiger partial charge in [-0.2, -0.15) is 10.1 Å². The van der Waals surface area contributed by atoms with Crippen molar-refractivity contribution in [3.8, 4) is 5.69 Å². The van der Waals surface area contributed by atoms with Crippen LogP contribution in [0.5, 0.6) is 0 Å². The number of carbonyl (C=O) groups excluding carboxylic acids is 2. The molecule has 0 bridgehead atoms. The second-order valence-electron chi connectivity index (χ2n) is 7.26. The normalized spacial score (nSPS) is 13.5. The van der Waals surface area contributed by atoms with Crippen molar-refractivity contribution in [3.05, 3.63) is 96.3 Å². The van der Waals surface area contributed by atoms with E-state index in [4.69, 9.17) is 0 Å². The molecule has 5 rings (SSSR count). The summed E-state index contributed by atoms with van der Waals surface area (Å²) in [6.45, 7) is 1.73. The Bertz CT molecular complexity index is 1490. The summed E-state index contributed by atoms with van der Waals surface area (Å²) in [5.41, 5.74) is 1.90. The van der Waals surface area contributed by atoms with Crippen molar-refractivity contribution in [2.45, 2.75) is 6.92 Å². The molecule has 4 aromatic rings. The summed E-state index contributed by atoms with van der Waals surface area (Å²) in [5, 5.41) is 9.31. The molecule has 1 aliphatic rings. The predicted octanol–water partition coefficient (Wildman–Crippen LogP) is 4.78. The molecule has 2 amide bonds. The first kappa shape index (κ1) is 20.6. The number of halogens is 2. The fourth-order valence-electron chi connectivity index (χ4n) is 3.75. The van der Waals surface area contributed by atoms with Crippen LogP contribution in [0.2, 0.25) is 0 Å². The Balaban J connectivity index is 1.55. The number of nitrogens with one attached hydrogen (secondary N) is 1. The zero-order valence-electron chi connectivity index (χ0n) is 16.6. The zero-order chi connectivity index (χ0) is 22.6. The number of hydrazone groups is 1. The van der Waals surface area contributed by atoms with Gasteiger partial charge in [0.25, 0.3) is 17.4 Å². The number of carbonyl (C=O) groups is 2. The highest BCUT2D eigenvalue weighted by molar-refractivity contribution is 9.11. The van der Waals surface area contributed by atoms with E-state index in [9.17, 15) is 14.4 Å². The van der Waals surface area contributed by atoms with Crippen LogP contribution >= 0.6 is 31.9 Å². The maximum atomic E-state index is 13.1. The molecule has 1 N–H and O–H groups in total. The Kier molecular flexibility index (Phi) is 4.94. The largest absolute Gasteiger partial charge is 0.295 e. The molecule has 0 saturated carbocycles. The lowest BCUT2D eigenvalue weighted by molar-refractivity contribution is 0.0616. The van der Waals surface area contributed by atoms with Crippen molar-refractivity contribution in [2.24, 2.45) is 5.10 Å². The van der Waals surface area contributed by atoms with Gasteiger partial charge in [-0.05, 0) is 54.8 Å². The number of aromatic amines is 1. The minimum absolute atomic E-state index is 0.258. The number of aryl methyl sites for hydroxylation is 1. The van der Waals surface area contributed by atoms with E-state index in [0.29, 0.717) is 27.9 Å². The summed E-state index contributed by atoms with van der Waals surface area (Å²) in [6, 6.07) is 15.9. The van der Waals surface area contributed by atoms with Crippen LogP contribution in [-0.2, 0) is 0 Å². The molecule has 1 aromatic heterocycles. The van der Waals surface area contributed by atoms with Gasteiger partial charge < -0.3 is 0 Å². The predicted molar refractivity (Wildman–Crippen MR) is 129 cm³/mol. The summed E-state index contributed by atoms with van der Waals surface area (Å²) >= 11 is 6.84. The number of H-pyrrole nitrogens is 1. The minimum atomic E-state index is -0.538. The molecule has 0 saturated heterocycles. The van der Waals surface area contributed by atoms with E-state index in [1.54, 1.807) is 43.3 Å². The minimum Gasteiger partial charge on any atom is -0.295 e. The number of hydrogen-bond donors (Lipinski definition) is 1. The number of nitrogens with zero attached hydrogens (tertiary/aromatic N) is 3. The van der Waals surface area contributed by atoms with E-state index >= 15 is 0 Å². The average molecular weight is 554 g/mol. The standard InChI is InChI=1S/C23H14Br2N4O3/c1-12-18(23(32)28(27-12)14-7-5-13(24)6-8-14)11-26-29-21(30)16-4-2-3-15-19(25)10-9-17(20(15)16)22(29)31/h2-11,27H,1H3/b26-11+. The number of rotatable bonds is 3. The van der Waals surface area contributed by atoms with Gasteiger partial charge in [-0.1, -0.05) is 44.0 Å². The van der Waals surface area contributed by atoms with E-state index in [1.807, 2.05) is 18.2 Å². The maximum Gasteiger partial charge on any atom is 0.282 e. The molecule has 0 fully saturated rings. The quantitative estimate of drug-likeness (QED) is 0.292. The zero-order valence-corrected chi connectivity index (χ0v) is 19.8. The average Bonchev–Trinajstić information content (AvgIpc) is 3.07. The number of hydrogen-bond acceptors (Lipinski definition) is 4. The highest BCUT2D eigenvalue weighted by Crippen LogP contribution is 2.34. The van der Waals surface area contributed by atoms with Crippen LogP contribution in [0.1, 0.15) is 32.0 Å². The number of amides is 2. The lowest BCUT2D eigenvalue weighted by Gasteiger charge is -2.23. The van der Waals surface area contributed by atoms with Crippen molar-refractivity contribution in [3.63, 3.8) is 0 Å². The van der Waals surface area contributed by atoms with Gasteiger partial charge in [0, 0.05) is 20.0 Å². The third-order valence-corrected chi connectivity index (χ3v) is 6.56. The smallest absolute Gasteiger partial charge is 0.282 e. The van der Waals surface area contributed by atoms with Crippen molar-refractivity contribution >= 4 is 60.7 Å². The summed E-state index contributed by atoms with van der Waals surface area (Å²) in [4.78, 5) is 39.0. The lowest BCUT2D eigenvalue weighted by atomic mass is 9.95. The number of aromatic nitrogens is 2. The molecule has 0 radical (unpaired) electrons. The van der Waals surface area contributed by atoms with E-state index in [1.165, 1.54) is 10.9 Å². The fraction of sp³-hybridized carbons (Fsp3) is 0.0435. The highest BCUT2D eigenvalue weighted by Gasteiger charge is 2.33. The first-order valence-electron chi connectivity index (χ1n) is 9.58. The van der Waals surface area contributed by atoms with Crippen LogP contribution in [0, 0.1) is 6.92 Å². The second kappa shape index (κ2) is 7.68. The van der Waals surface area contributed by atoms with E-state index in [-0.39, 0.29) is 11.1 Å². The van der Waals surface area contributed by atoms with Crippen LogP contribution in [0.15, 0.2) is 73.4 Å². The van der Waals surface area contributed by atoms with Crippen LogP contribution < -0.4 is 5.56 Å². The van der Waals surface area contributed by atoms with Crippen LogP contribution in [0.4, 0.5) is 0 Å². The molecule has 0 unspecified atom stereocenters. The summed E-state index contributed by atoms with van der Waals surface area (Å²) in [5.74, 6) is -1.08. The molecule has 0 spiro atoms. The van der Waals surface area contributed by atoms with Crippen molar-refractivity contribution in [2.75, 3.05) is 0 Å². The van der Waals surface area contributed by atoms with Gasteiger partial charge in [0.2, 0.25) is 0 Å². The van der Waals surface area contributed by atoms with Gasteiger partial charge in [-0.3, -0.25) is 19.5 Å². The molecule has 9 heteroatoms. The number of imide groups is 1. The van der Waals surface area contributed by atoms with Gasteiger partial charge in [-0.15, -0.1) is 0 Å². The monoisotopic (exact) mass is 552 g/mol. The van der Waals surface area contributed by atoms with Gasteiger partial charge in [0.1, 0.15) is 0 Å². The highest BCUT2D eigenvalue weighted by atomic mass is 79.9. The van der Waals surface area contributed by atoms with Gasteiger partial charge in [0.15, 0.2) is 0 Å². The summed E-state index contributed by atoms with van der Waals surface area (Å²) in [6.07, 6.45) is 1.25. The first-order chi connectivity index (χ1) is 15.4. The SMILES string of the molecule is Cc1[nH]n(-c2ccc(Br)cc2)c(=O)c1/C=N/N1C(=O)c2cccc3c(Br)ccc(c23)C1=O. The Labute approximate surface area is 198 Å². The van der Waals surface area contributed by atoms with Gasteiger partial charge >= 0.3 is 0 Å².